The maximum atomic E-state index is 4.82. The van der Waals surface area contributed by atoms with Crippen molar-refractivity contribution >= 4 is 11.0 Å². The second kappa shape index (κ2) is 5.98. The molecule has 4 rings (SSSR count). The summed E-state index contributed by atoms with van der Waals surface area (Å²) in [7, 11) is 1.90. The van der Waals surface area contributed by atoms with E-state index in [1.165, 1.54) is 12.0 Å². The Morgan fingerprint density at radius 1 is 1.33 bits per heavy atom. The fourth-order valence-corrected chi connectivity index (χ4v) is 3.67. The molecule has 7 heteroatoms. The lowest BCUT2D eigenvalue weighted by atomic mass is 9.96. The normalized spacial score (nSPS) is 20.5. The van der Waals surface area contributed by atoms with E-state index in [9.17, 15) is 0 Å². The highest BCUT2D eigenvalue weighted by Gasteiger charge is 2.29. The quantitative estimate of drug-likeness (QED) is 0.800. The van der Waals surface area contributed by atoms with Crippen LogP contribution in [-0.2, 0) is 7.05 Å². The standard InChI is InChI=1S/C17H23N7/c1-11-6-7-14-15(9-11)19-16(18-14)13-5-4-8-24(10-13)12(2)17-20-21-22-23(17)3/h6-7,9,12-13H,4-5,8,10H2,1-3H3,(H,18,19)/t12-,13-/m1/s1. The monoisotopic (exact) mass is 325 g/mol. The Kier molecular flexibility index (Phi) is 3.80. The molecule has 1 saturated heterocycles. The number of aromatic nitrogens is 6. The van der Waals surface area contributed by atoms with E-state index in [-0.39, 0.29) is 6.04 Å². The molecule has 1 N–H and O–H groups in total. The number of hydrogen-bond acceptors (Lipinski definition) is 5. The van der Waals surface area contributed by atoms with E-state index in [1.54, 1.807) is 4.68 Å². The summed E-state index contributed by atoms with van der Waals surface area (Å²) >= 11 is 0. The van der Waals surface area contributed by atoms with Gasteiger partial charge in [-0.2, -0.15) is 0 Å². The van der Waals surface area contributed by atoms with Gasteiger partial charge in [0.2, 0.25) is 0 Å². The summed E-state index contributed by atoms with van der Waals surface area (Å²) in [5.74, 6) is 2.44. The molecule has 3 heterocycles. The largest absolute Gasteiger partial charge is 0.342 e. The molecular formula is C17H23N7. The number of hydrogen-bond donors (Lipinski definition) is 1. The van der Waals surface area contributed by atoms with Crippen LogP contribution in [0, 0.1) is 6.92 Å². The van der Waals surface area contributed by atoms with Gasteiger partial charge in [-0.05, 0) is 61.4 Å². The number of aryl methyl sites for hydroxylation is 2. The lowest BCUT2D eigenvalue weighted by Gasteiger charge is -2.35. The molecule has 0 bridgehead atoms. The molecule has 1 aliphatic rings. The summed E-state index contributed by atoms with van der Waals surface area (Å²) in [4.78, 5) is 10.8. The third-order valence-electron chi connectivity index (χ3n) is 5.07. The van der Waals surface area contributed by atoms with Gasteiger partial charge in [0.1, 0.15) is 5.82 Å². The first kappa shape index (κ1) is 15.3. The SMILES string of the molecule is Cc1ccc2nc([C@@H]3CCCN([C@H](C)c4nnnn4C)C3)[nH]c2c1. The van der Waals surface area contributed by atoms with E-state index < -0.39 is 0 Å². The number of benzene rings is 1. The third-order valence-corrected chi connectivity index (χ3v) is 5.07. The Bertz CT molecular complexity index is 850. The molecule has 1 fully saturated rings. The fraction of sp³-hybridized carbons (Fsp3) is 0.529. The Labute approximate surface area is 141 Å². The van der Waals surface area contributed by atoms with Gasteiger partial charge in [0, 0.05) is 19.5 Å². The van der Waals surface area contributed by atoms with E-state index in [2.05, 4.69) is 57.5 Å². The minimum Gasteiger partial charge on any atom is -0.342 e. The van der Waals surface area contributed by atoms with Gasteiger partial charge in [0.25, 0.3) is 0 Å². The molecule has 0 aliphatic carbocycles. The minimum atomic E-state index is 0.208. The van der Waals surface area contributed by atoms with Crippen molar-refractivity contribution in [3.8, 4) is 0 Å². The maximum Gasteiger partial charge on any atom is 0.167 e. The number of tetrazole rings is 1. The van der Waals surface area contributed by atoms with E-state index in [0.29, 0.717) is 5.92 Å². The predicted octanol–water partition coefficient (Wildman–Crippen LogP) is 2.34. The number of aromatic amines is 1. The Hall–Kier alpha value is -2.28. The highest BCUT2D eigenvalue weighted by atomic mass is 15.5. The number of nitrogens with zero attached hydrogens (tertiary/aromatic N) is 6. The van der Waals surface area contributed by atoms with Gasteiger partial charge in [0.05, 0.1) is 17.1 Å². The molecule has 1 aliphatic heterocycles. The van der Waals surface area contributed by atoms with Crippen LogP contribution in [0.2, 0.25) is 0 Å². The molecule has 7 nitrogen and oxygen atoms in total. The molecule has 2 atom stereocenters. The van der Waals surface area contributed by atoms with Crippen LogP contribution in [0.1, 0.15) is 48.9 Å². The zero-order valence-corrected chi connectivity index (χ0v) is 14.4. The molecule has 0 amide bonds. The van der Waals surface area contributed by atoms with Gasteiger partial charge in [0.15, 0.2) is 5.82 Å². The van der Waals surface area contributed by atoms with E-state index >= 15 is 0 Å². The number of rotatable bonds is 3. The summed E-state index contributed by atoms with van der Waals surface area (Å²) in [6, 6.07) is 6.59. The smallest absolute Gasteiger partial charge is 0.167 e. The van der Waals surface area contributed by atoms with Gasteiger partial charge in [-0.1, -0.05) is 6.07 Å². The van der Waals surface area contributed by atoms with Crippen molar-refractivity contribution < 1.29 is 0 Å². The molecule has 0 saturated carbocycles. The van der Waals surface area contributed by atoms with Crippen LogP contribution >= 0.6 is 0 Å². The van der Waals surface area contributed by atoms with Gasteiger partial charge >= 0.3 is 0 Å². The highest BCUT2D eigenvalue weighted by Crippen LogP contribution is 2.31. The van der Waals surface area contributed by atoms with Crippen LogP contribution in [0.4, 0.5) is 0 Å². The van der Waals surface area contributed by atoms with Gasteiger partial charge in [-0.25, -0.2) is 9.67 Å². The van der Waals surface area contributed by atoms with Crippen molar-refractivity contribution in [2.24, 2.45) is 7.05 Å². The first-order valence-electron chi connectivity index (χ1n) is 8.54. The van der Waals surface area contributed by atoms with E-state index in [4.69, 9.17) is 4.98 Å². The van der Waals surface area contributed by atoms with Crippen LogP contribution in [0.3, 0.4) is 0 Å². The molecule has 126 valence electrons. The molecular weight excluding hydrogens is 302 g/mol. The number of fused-ring (bicyclic) bond motifs is 1. The second-order valence-electron chi connectivity index (χ2n) is 6.81. The number of piperidine rings is 1. The molecule has 0 unspecified atom stereocenters. The minimum absolute atomic E-state index is 0.208. The second-order valence-corrected chi connectivity index (χ2v) is 6.81. The first-order chi connectivity index (χ1) is 11.6. The van der Waals surface area contributed by atoms with Gasteiger partial charge < -0.3 is 4.98 Å². The summed E-state index contributed by atoms with van der Waals surface area (Å²) < 4.78 is 1.76. The predicted molar refractivity (Wildman–Crippen MR) is 91.6 cm³/mol. The Morgan fingerprint density at radius 3 is 3.00 bits per heavy atom. The zero-order valence-electron chi connectivity index (χ0n) is 14.4. The van der Waals surface area contributed by atoms with Crippen molar-refractivity contribution in [3.05, 3.63) is 35.4 Å². The van der Waals surface area contributed by atoms with Crippen molar-refractivity contribution in [1.29, 1.82) is 0 Å². The average molecular weight is 325 g/mol. The van der Waals surface area contributed by atoms with Gasteiger partial charge in [-0.15, -0.1) is 5.10 Å². The van der Waals surface area contributed by atoms with Crippen LogP contribution in [0.15, 0.2) is 18.2 Å². The summed E-state index contributed by atoms with van der Waals surface area (Å²) in [6.45, 7) is 6.34. The van der Waals surface area contributed by atoms with Crippen molar-refractivity contribution in [2.75, 3.05) is 13.1 Å². The summed E-state index contributed by atoms with van der Waals surface area (Å²) in [6.07, 6.45) is 2.33. The first-order valence-corrected chi connectivity index (χ1v) is 8.54. The van der Waals surface area contributed by atoms with Crippen LogP contribution in [-0.4, -0.2) is 48.2 Å². The number of imidazole rings is 1. The highest BCUT2D eigenvalue weighted by molar-refractivity contribution is 5.75. The number of likely N-dealkylation sites (tertiary alicyclic amines) is 1. The maximum absolute atomic E-state index is 4.82. The molecule has 2 aromatic heterocycles. The van der Waals surface area contributed by atoms with Crippen molar-refractivity contribution in [3.63, 3.8) is 0 Å². The Balaban J connectivity index is 1.56. The number of nitrogens with one attached hydrogen (secondary N) is 1. The van der Waals surface area contributed by atoms with Crippen LogP contribution in [0.25, 0.3) is 11.0 Å². The van der Waals surface area contributed by atoms with E-state index in [0.717, 1.165) is 42.2 Å². The Morgan fingerprint density at radius 2 is 2.21 bits per heavy atom. The van der Waals surface area contributed by atoms with Crippen molar-refractivity contribution in [2.45, 2.75) is 38.6 Å². The molecule has 3 aromatic rings. The molecule has 1 aromatic carbocycles. The van der Waals surface area contributed by atoms with Gasteiger partial charge in [-0.3, -0.25) is 4.90 Å². The summed E-state index contributed by atoms with van der Waals surface area (Å²) in [5.41, 5.74) is 3.44. The zero-order chi connectivity index (χ0) is 16.7. The van der Waals surface area contributed by atoms with Crippen LogP contribution < -0.4 is 0 Å². The van der Waals surface area contributed by atoms with Crippen LogP contribution in [0.5, 0.6) is 0 Å². The average Bonchev–Trinajstić information content (AvgIpc) is 3.20. The summed E-state index contributed by atoms with van der Waals surface area (Å²) in [5, 5.41) is 11.9. The van der Waals surface area contributed by atoms with Crippen molar-refractivity contribution in [1.82, 2.24) is 35.1 Å². The third kappa shape index (κ3) is 2.69. The lowest BCUT2D eigenvalue weighted by molar-refractivity contribution is 0.148. The fourth-order valence-electron chi connectivity index (χ4n) is 3.67. The molecule has 0 radical (unpaired) electrons. The molecule has 24 heavy (non-hydrogen) atoms. The lowest BCUT2D eigenvalue weighted by Crippen LogP contribution is -2.37. The number of H-pyrrole nitrogens is 1. The topological polar surface area (TPSA) is 75.5 Å². The molecule has 0 spiro atoms. The van der Waals surface area contributed by atoms with E-state index in [1.807, 2.05) is 7.05 Å².